The first-order chi connectivity index (χ1) is 10.7. The molecule has 0 amide bonds. The molecule has 3 heteroatoms. The Morgan fingerprint density at radius 2 is 1.82 bits per heavy atom. The van der Waals surface area contributed by atoms with Crippen molar-refractivity contribution in [1.82, 2.24) is 10.3 Å². The van der Waals surface area contributed by atoms with Crippen LogP contribution in [0.4, 0.5) is 0 Å². The molecule has 3 nitrogen and oxygen atoms in total. The Bertz CT molecular complexity index is 758. The highest BCUT2D eigenvalue weighted by Crippen LogP contribution is 2.28. The Balaban J connectivity index is 2.04. The molecular formula is C19H19N3. The van der Waals surface area contributed by atoms with Crippen molar-refractivity contribution in [3.05, 3.63) is 72.1 Å². The number of pyridine rings is 1. The maximum Gasteiger partial charge on any atom is 0.0680 e. The molecule has 0 saturated carbocycles. The van der Waals surface area contributed by atoms with Crippen LogP contribution in [-0.4, -0.2) is 23.8 Å². The van der Waals surface area contributed by atoms with Gasteiger partial charge in [-0.2, -0.15) is 0 Å². The van der Waals surface area contributed by atoms with E-state index in [4.69, 9.17) is 5.41 Å². The lowest BCUT2D eigenvalue weighted by Crippen LogP contribution is -2.32. The molecule has 110 valence electrons. The van der Waals surface area contributed by atoms with Crippen molar-refractivity contribution in [3.8, 4) is 11.1 Å². The lowest BCUT2D eigenvalue weighted by Gasteiger charge is -2.19. The van der Waals surface area contributed by atoms with Crippen LogP contribution >= 0.6 is 0 Å². The summed E-state index contributed by atoms with van der Waals surface area (Å²) in [6.07, 6.45) is 9.63. The van der Waals surface area contributed by atoms with Gasteiger partial charge in [0.05, 0.1) is 11.8 Å². The third-order valence-electron chi connectivity index (χ3n) is 4.00. The van der Waals surface area contributed by atoms with Crippen LogP contribution < -0.4 is 5.32 Å². The summed E-state index contributed by atoms with van der Waals surface area (Å²) in [5.74, 6) is 0. The second-order valence-electron chi connectivity index (χ2n) is 5.44. The summed E-state index contributed by atoms with van der Waals surface area (Å²) in [4.78, 5) is 4.08. The van der Waals surface area contributed by atoms with Crippen molar-refractivity contribution in [3.63, 3.8) is 0 Å². The van der Waals surface area contributed by atoms with Gasteiger partial charge in [-0.25, -0.2) is 0 Å². The minimum Gasteiger partial charge on any atom is -0.309 e. The molecule has 1 aromatic carbocycles. The van der Waals surface area contributed by atoms with Gasteiger partial charge in [-0.1, -0.05) is 24.3 Å². The predicted molar refractivity (Wildman–Crippen MR) is 92.1 cm³/mol. The van der Waals surface area contributed by atoms with Crippen LogP contribution in [0.15, 0.2) is 61.0 Å². The van der Waals surface area contributed by atoms with Crippen LogP contribution in [0.3, 0.4) is 0 Å². The molecule has 2 aromatic rings. The maximum absolute atomic E-state index is 7.93. The molecule has 0 spiro atoms. The van der Waals surface area contributed by atoms with E-state index >= 15 is 0 Å². The highest BCUT2D eigenvalue weighted by atomic mass is 14.9. The molecule has 22 heavy (non-hydrogen) atoms. The van der Waals surface area contributed by atoms with Crippen LogP contribution in [0, 0.1) is 12.3 Å². The van der Waals surface area contributed by atoms with Gasteiger partial charge in [0.2, 0.25) is 0 Å². The van der Waals surface area contributed by atoms with Crippen LogP contribution in [0.2, 0.25) is 0 Å². The van der Waals surface area contributed by atoms with Gasteiger partial charge in [0.25, 0.3) is 0 Å². The monoisotopic (exact) mass is 289 g/mol. The molecular weight excluding hydrogens is 270 g/mol. The summed E-state index contributed by atoms with van der Waals surface area (Å²) < 4.78 is 0. The Hall–Kier alpha value is -2.52. The van der Waals surface area contributed by atoms with Crippen LogP contribution in [0.25, 0.3) is 16.7 Å². The number of rotatable bonds is 3. The van der Waals surface area contributed by atoms with Gasteiger partial charge in [0.1, 0.15) is 0 Å². The first-order valence-electron chi connectivity index (χ1n) is 7.36. The van der Waals surface area contributed by atoms with Crippen LogP contribution in [0.5, 0.6) is 0 Å². The number of aryl methyl sites for hydroxylation is 1. The molecule has 0 aliphatic heterocycles. The minimum absolute atomic E-state index is 0.0241. The number of benzene rings is 1. The number of nitrogens with zero attached hydrogens (tertiary/aromatic N) is 1. The Labute approximate surface area is 130 Å². The number of nitrogens with one attached hydrogen (secondary N) is 2. The third kappa shape index (κ3) is 2.76. The van der Waals surface area contributed by atoms with Crippen molar-refractivity contribution in [1.29, 1.82) is 5.41 Å². The quantitative estimate of drug-likeness (QED) is 0.906. The van der Waals surface area contributed by atoms with Gasteiger partial charge in [0.15, 0.2) is 0 Å². The minimum atomic E-state index is -0.0241. The fourth-order valence-electron chi connectivity index (χ4n) is 2.68. The number of hydrogen-bond acceptors (Lipinski definition) is 3. The molecule has 0 radical (unpaired) electrons. The van der Waals surface area contributed by atoms with Crippen molar-refractivity contribution in [2.24, 2.45) is 0 Å². The van der Waals surface area contributed by atoms with E-state index in [1.807, 2.05) is 43.7 Å². The summed E-state index contributed by atoms with van der Waals surface area (Å²) in [7, 11) is 1.88. The van der Waals surface area contributed by atoms with Gasteiger partial charge in [-0.05, 0) is 66.1 Å². The van der Waals surface area contributed by atoms with Crippen molar-refractivity contribution in [2.45, 2.75) is 13.0 Å². The standard InChI is InChI=1S/C19H19N3/c1-13-3-4-15(14-7-9-22-10-8-14)11-17(13)16-5-6-18(20)19(12-16)21-2/h3-12,19-21H,1-2H3. The predicted octanol–water partition coefficient (Wildman–Crippen LogP) is 3.62. The molecule has 1 aliphatic rings. The van der Waals surface area contributed by atoms with E-state index in [9.17, 15) is 0 Å². The second kappa shape index (κ2) is 6.08. The second-order valence-corrected chi connectivity index (χ2v) is 5.44. The van der Waals surface area contributed by atoms with E-state index in [1.54, 1.807) is 0 Å². The SMILES string of the molecule is CNC1C=C(c2cc(-c3ccncc3)ccc2C)C=CC1=N. The third-order valence-corrected chi connectivity index (χ3v) is 4.00. The number of hydrogen-bond donors (Lipinski definition) is 2. The average Bonchev–Trinajstić information content (AvgIpc) is 2.57. The number of likely N-dealkylation sites (N-methyl/N-ethyl adjacent to an activating group) is 1. The molecule has 1 atom stereocenters. The molecule has 0 bridgehead atoms. The topological polar surface area (TPSA) is 48.8 Å². The van der Waals surface area contributed by atoms with Gasteiger partial charge in [-0.15, -0.1) is 0 Å². The zero-order valence-electron chi connectivity index (χ0n) is 12.8. The fourth-order valence-corrected chi connectivity index (χ4v) is 2.68. The zero-order chi connectivity index (χ0) is 15.5. The Kier molecular flexibility index (Phi) is 3.98. The normalized spacial score (nSPS) is 17.5. The summed E-state index contributed by atoms with van der Waals surface area (Å²) in [6, 6.07) is 10.5. The van der Waals surface area contributed by atoms with Crippen molar-refractivity contribution < 1.29 is 0 Å². The Morgan fingerprint density at radius 3 is 2.55 bits per heavy atom. The lowest BCUT2D eigenvalue weighted by molar-refractivity contribution is 0.821. The number of allylic oxidation sites excluding steroid dienone is 2. The van der Waals surface area contributed by atoms with E-state index in [1.165, 1.54) is 16.7 Å². The van der Waals surface area contributed by atoms with Crippen molar-refractivity contribution in [2.75, 3.05) is 7.05 Å². The van der Waals surface area contributed by atoms with E-state index in [-0.39, 0.29) is 6.04 Å². The molecule has 0 saturated heterocycles. The van der Waals surface area contributed by atoms with Crippen molar-refractivity contribution >= 4 is 11.3 Å². The molecule has 1 aromatic heterocycles. The molecule has 1 aliphatic carbocycles. The largest absolute Gasteiger partial charge is 0.309 e. The van der Waals surface area contributed by atoms with Crippen LogP contribution in [0.1, 0.15) is 11.1 Å². The zero-order valence-corrected chi connectivity index (χ0v) is 12.8. The molecule has 0 fully saturated rings. The molecule has 1 heterocycles. The van der Waals surface area contributed by atoms with E-state index in [0.717, 1.165) is 11.1 Å². The first-order valence-corrected chi connectivity index (χ1v) is 7.36. The summed E-state index contributed by atoms with van der Waals surface area (Å²) >= 11 is 0. The lowest BCUT2D eigenvalue weighted by atomic mass is 9.91. The summed E-state index contributed by atoms with van der Waals surface area (Å²) in [6.45, 7) is 2.12. The van der Waals surface area contributed by atoms with Gasteiger partial charge < -0.3 is 10.7 Å². The molecule has 2 N–H and O–H groups in total. The fraction of sp³-hybridized carbons (Fsp3) is 0.158. The maximum atomic E-state index is 7.93. The van der Waals surface area contributed by atoms with E-state index < -0.39 is 0 Å². The highest BCUT2D eigenvalue weighted by molar-refractivity contribution is 6.04. The van der Waals surface area contributed by atoms with Gasteiger partial charge >= 0.3 is 0 Å². The smallest absolute Gasteiger partial charge is 0.0680 e. The first kappa shape index (κ1) is 14.4. The summed E-state index contributed by atoms with van der Waals surface area (Å²) in [5, 5.41) is 11.1. The average molecular weight is 289 g/mol. The Morgan fingerprint density at radius 1 is 1.05 bits per heavy atom. The van der Waals surface area contributed by atoms with Crippen LogP contribution in [-0.2, 0) is 0 Å². The van der Waals surface area contributed by atoms with Gasteiger partial charge in [-0.3, -0.25) is 4.98 Å². The van der Waals surface area contributed by atoms with E-state index in [0.29, 0.717) is 5.71 Å². The molecule has 3 rings (SSSR count). The van der Waals surface area contributed by atoms with Gasteiger partial charge in [0, 0.05) is 12.4 Å². The highest BCUT2D eigenvalue weighted by Gasteiger charge is 2.15. The molecule has 1 unspecified atom stereocenters. The number of aromatic nitrogens is 1. The summed E-state index contributed by atoms with van der Waals surface area (Å²) in [5.41, 5.74) is 6.53. The van der Waals surface area contributed by atoms with E-state index in [2.05, 4.69) is 41.5 Å².